The second-order valence-corrected chi connectivity index (χ2v) is 2.96. The van der Waals surface area contributed by atoms with Crippen molar-refractivity contribution in [2.24, 2.45) is 0 Å². The lowest BCUT2D eigenvalue weighted by Crippen LogP contribution is -2.06. The minimum absolute atomic E-state index is 0.213. The first kappa shape index (κ1) is 9.45. The monoisotopic (exact) mass is 191 g/mol. The van der Waals surface area contributed by atoms with Crippen molar-refractivity contribution in [1.82, 2.24) is 0 Å². The zero-order valence-electron chi connectivity index (χ0n) is 6.27. The Labute approximate surface area is 72.8 Å². The van der Waals surface area contributed by atoms with Crippen LogP contribution in [-0.2, 0) is 6.18 Å². The van der Waals surface area contributed by atoms with Gasteiger partial charge in [0.1, 0.15) is 0 Å². The van der Waals surface area contributed by atoms with Crippen molar-refractivity contribution < 1.29 is 13.2 Å². The fourth-order valence-electron chi connectivity index (χ4n) is 0.813. The van der Waals surface area contributed by atoms with Crippen LogP contribution >= 0.6 is 11.8 Å². The Morgan fingerprint density at radius 3 is 2.50 bits per heavy atom. The first-order chi connectivity index (χ1) is 5.55. The number of rotatable bonds is 1. The average Bonchev–Trinajstić information content (AvgIpc) is 2.03. The molecule has 0 amide bonds. The van der Waals surface area contributed by atoms with E-state index < -0.39 is 11.7 Å². The highest BCUT2D eigenvalue weighted by molar-refractivity contribution is 7.98. The van der Waals surface area contributed by atoms with Crippen molar-refractivity contribution in [1.29, 1.82) is 0 Å². The van der Waals surface area contributed by atoms with E-state index in [1.54, 1.807) is 12.3 Å². The minimum Gasteiger partial charge on any atom is -0.166 e. The van der Waals surface area contributed by atoms with E-state index in [4.69, 9.17) is 0 Å². The van der Waals surface area contributed by atoms with Gasteiger partial charge in [0, 0.05) is 4.90 Å². The predicted molar refractivity (Wildman–Crippen MR) is 42.1 cm³/mol. The number of alkyl halides is 3. The summed E-state index contributed by atoms with van der Waals surface area (Å²) in [5.41, 5.74) is -0.683. The van der Waals surface area contributed by atoms with Crippen LogP contribution in [0.4, 0.5) is 13.2 Å². The van der Waals surface area contributed by atoms with Gasteiger partial charge in [-0.3, -0.25) is 0 Å². The molecule has 0 aromatic heterocycles. The number of benzene rings is 1. The summed E-state index contributed by atoms with van der Waals surface area (Å²) in [6.07, 6.45) is -2.68. The van der Waals surface area contributed by atoms with E-state index in [0.717, 1.165) is 11.8 Å². The maximum atomic E-state index is 12.2. The van der Waals surface area contributed by atoms with Gasteiger partial charge in [0.2, 0.25) is 0 Å². The van der Waals surface area contributed by atoms with Crippen molar-refractivity contribution in [2.75, 3.05) is 6.26 Å². The molecule has 0 aliphatic heterocycles. The van der Waals surface area contributed by atoms with Crippen LogP contribution in [0.1, 0.15) is 5.56 Å². The number of halogens is 3. The third-order valence-electron chi connectivity index (χ3n) is 1.32. The van der Waals surface area contributed by atoms with Gasteiger partial charge in [-0.15, -0.1) is 11.8 Å². The van der Waals surface area contributed by atoms with Crippen molar-refractivity contribution in [3.63, 3.8) is 0 Å². The van der Waals surface area contributed by atoms with Crippen LogP contribution in [0.15, 0.2) is 23.1 Å². The predicted octanol–water partition coefficient (Wildman–Crippen LogP) is 3.23. The normalized spacial score (nSPS) is 11.7. The lowest BCUT2D eigenvalue weighted by Gasteiger charge is -2.09. The van der Waals surface area contributed by atoms with Gasteiger partial charge in [0.25, 0.3) is 0 Å². The Hall–Kier alpha value is -0.640. The second-order valence-electron chi connectivity index (χ2n) is 2.11. The highest BCUT2D eigenvalue weighted by Crippen LogP contribution is 2.34. The smallest absolute Gasteiger partial charge is 0.166 e. The van der Waals surface area contributed by atoms with Crippen molar-refractivity contribution in [3.05, 3.63) is 29.8 Å². The van der Waals surface area contributed by atoms with E-state index in [1.165, 1.54) is 12.1 Å². The van der Waals surface area contributed by atoms with E-state index in [-0.39, 0.29) is 4.90 Å². The molecule has 1 rings (SSSR count). The molecule has 1 aromatic rings. The first-order valence-electron chi connectivity index (χ1n) is 3.17. The lowest BCUT2D eigenvalue weighted by molar-refractivity contribution is -0.140. The quantitative estimate of drug-likeness (QED) is 0.614. The topological polar surface area (TPSA) is 0 Å². The van der Waals surface area contributed by atoms with Gasteiger partial charge in [-0.1, -0.05) is 12.1 Å². The summed E-state index contributed by atoms with van der Waals surface area (Å²) in [5.74, 6) is 0. The van der Waals surface area contributed by atoms with Crippen LogP contribution in [-0.4, -0.2) is 6.26 Å². The Morgan fingerprint density at radius 1 is 1.42 bits per heavy atom. The van der Waals surface area contributed by atoms with E-state index in [1.807, 2.05) is 0 Å². The van der Waals surface area contributed by atoms with Crippen molar-refractivity contribution in [2.45, 2.75) is 11.1 Å². The van der Waals surface area contributed by atoms with Gasteiger partial charge in [0.05, 0.1) is 5.56 Å². The zero-order valence-corrected chi connectivity index (χ0v) is 7.09. The highest BCUT2D eigenvalue weighted by Gasteiger charge is 2.32. The summed E-state index contributed by atoms with van der Waals surface area (Å²) < 4.78 is 36.6. The molecule has 0 fully saturated rings. The van der Waals surface area contributed by atoms with Crippen LogP contribution in [0, 0.1) is 6.07 Å². The number of thioether (sulfide) groups is 1. The van der Waals surface area contributed by atoms with Gasteiger partial charge in [-0.25, -0.2) is 0 Å². The fraction of sp³-hybridized carbons (Fsp3) is 0.250. The Bertz CT molecular complexity index is 267. The minimum atomic E-state index is -4.29. The first-order valence-corrected chi connectivity index (χ1v) is 4.40. The van der Waals surface area contributed by atoms with Gasteiger partial charge < -0.3 is 0 Å². The van der Waals surface area contributed by atoms with Crippen LogP contribution in [0.3, 0.4) is 0 Å². The maximum Gasteiger partial charge on any atom is 0.418 e. The van der Waals surface area contributed by atoms with Crippen molar-refractivity contribution >= 4 is 11.8 Å². The maximum absolute atomic E-state index is 12.2. The van der Waals surface area contributed by atoms with E-state index in [0.29, 0.717) is 0 Å². The average molecular weight is 191 g/mol. The molecular formula is C8H6F3S. The molecule has 0 atom stereocenters. The molecular weight excluding hydrogens is 185 g/mol. The molecule has 0 saturated carbocycles. The molecule has 0 saturated heterocycles. The van der Waals surface area contributed by atoms with Gasteiger partial charge in [-0.05, 0) is 18.4 Å². The van der Waals surface area contributed by atoms with Gasteiger partial charge in [0.15, 0.2) is 0 Å². The largest absolute Gasteiger partial charge is 0.418 e. The van der Waals surface area contributed by atoms with E-state index >= 15 is 0 Å². The fourth-order valence-corrected chi connectivity index (χ4v) is 1.41. The summed E-state index contributed by atoms with van der Waals surface area (Å²) in [6, 6.07) is 6.43. The lowest BCUT2D eigenvalue weighted by atomic mass is 10.2. The van der Waals surface area contributed by atoms with Crippen molar-refractivity contribution in [3.8, 4) is 0 Å². The second kappa shape index (κ2) is 3.39. The molecule has 12 heavy (non-hydrogen) atoms. The molecule has 65 valence electrons. The standard InChI is InChI=1S/C8H6F3S/c1-12-7-5-3-2-4-6(7)8(9,10)11/h2-3,5H,1H3. The van der Waals surface area contributed by atoms with Crippen LogP contribution < -0.4 is 0 Å². The molecule has 0 bridgehead atoms. The molecule has 0 aliphatic rings. The van der Waals surface area contributed by atoms with Crippen LogP contribution in [0.25, 0.3) is 0 Å². The summed E-state index contributed by atoms with van der Waals surface area (Å²) in [6.45, 7) is 0. The molecule has 0 spiro atoms. The van der Waals surface area contributed by atoms with Crippen LogP contribution in [0.2, 0.25) is 0 Å². The summed E-state index contributed by atoms with van der Waals surface area (Å²) >= 11 is 1.07. The Morgan fingerprint density at radius 2 is 2.08 bits per heavy atom. The van der Waals surface area contributed by atoms with Crippen LogP contribution in [0.5, 0.6) is 0 Å². The molecule has 0 aliphatic carbocycles. The molecule has 0 heterocycles. The molecule has 0 unspecified atom stereocenters. The Balaban J connectivity index is 3.14. The molecule has 0 nitrogen and oxygen atoms in total. The third-order valence-corrected chi connectivity index (χ3v) is 2.10. The van der Waals surface area contributed by atoms with E-state index in [9.17, 15) is 13.2 Å². The van der Waals surface area contributed by atoms with Gasteiger partial charge in [-0.2, -0.15) is 13.2 Å². The number of hydrogen-bond acceptors (Lipinski definition) is 1. The zero-order chi connectivity index (χ0) is 9.19. The molecule has 4 heteroatoms. The Kier molecular flexibility index (Phi) is 2.67. The molecule has 1 aromatic carbocycles. The highest BCUT2D eigenvalue weighted by atomic mass is 32.2. The van der Waals surface area contributed by atoms with Gasteiger partial charge >= 0.3 is 6.18 Å². The summed E-state index contributed by atoms with van der Waals surface area (Å²) in [4.78, 5) is 0.213. The van der Waals surface area contributed by atoms with E-state index in [2.05, 4.69) is 6.07 Å². The molecule has 1 radical (unpaired) electrons. The SMILES string of the molecule is CSc1ccc[c]c1C(F)(F)F. The summed E-state index contributed by atoms with van der Waals surface area (Å²) in [7, 11) is 0. The summed E-state index contributed by atoms with van der Waals surface area (Å²) in [5, 5.41) is 0. The third kappa shape index (κ3) is 1.94. The number of hydrogen-bond donors (Lipinski definition) is 0. The molecule has 0 N–H and O–H groups in total.